The number of piperidine rings is 1. The van der Waals surface area contributed by atoms with E-state index in [0.29, 0.717) is 12.3 Å². The number of furan rings is 1. The van der Waals surface area contributed by atoms with Gasteiger partial charge in [0.15, 0.2) is 0 Å². The maximum Gasteiger partial charge on any atom is 0.417 e. The van der Waals surface area contributed by atoms with Gasteiger partial charge in [-0.2, -0.15) is 17.5 Å². The molecule has 2 aromatic rings. The third-order valence-corrected chi connectivity index (χ3v) is 6.92. The van der Waals surface area contributed by atoms with Crippen molar-refractivity contribution in [3.05, 3.63) is 54.0 Å². The first-order valence-electron chi connectivity index (χ1n) is 9.04. The molecule has 29 heavy (non-hydrogen) atoms. The van der Waals surface area contributed by atoms with Gasteiger partial charge < -0.3 is 9.32 Å². The smallest absolute Gasteiger partial charge is 0.417 e. The second-order valence-corrected chi connectivity index (χ2v) is 8.85. The molecule has 0 aliphatic carbocycles. The molecule has 1 aromatic heterocycles. The highest BCUT2D eigenvalue weighted by Gasteiger charge is 2.40. The van der Waals surface area contributed by atoms with E-state index in [9.17, 15) is 26.4 Å². The predicted octanol–water partition coefficient (Wildman–Crippen LogP) is 3.36. The SMILES string of the molecule is CN(Cc1ccco1)C(=O)C1CCN(S(=O)(=O)c2ccccc2C(F)(F)F)CC1. The molecule has 2 heterocycles. The minimum absolute atomic E-state index is 0.0144. The molecule has 6 nitrogen and oxygen atoms in total. The zero-order valence-electron chi connectivity index (χ0n) is 15.7. The van der Waals surface area contributed by atoms with Gasteiger partial charge in [0.2, 0.25) is 15.9 Å². The average molecular weight is 430 g/mol. The summed E-state index contributed by atoms with van der Waals surface area (Å²) in [7, 11) is -2.68. The Kier molecular flexibility index (Phi) is 6.04. The quantitative estimate of drug-likeness (QED) is 0.730. The fraction of sp³-hybridized carbons (Fsp3) is 0.421. The molecule has 1 aliphatic heterocycles. The number of carbonyl (C=O) groups excluding carboxylic acids is 1. The number of rotatable bonds is 5. The number of amides is 1. The number of halogens is 3. The van der Waals surface area contributed by atoms with Crippen LogP contribution in [0.15, 0.2) is 52.0 Å². The van der Waals surface area contributed by atoms with Gasteiger partial charge >= 0.3 is 6.18 Å². The molecule has 0 atom stereocenters. The Hall–Kier alpha value is -2.33. The first kappa shape index (κ1) is 21.4. The van der Waals surface area contributed by atoms with Crippen LogP contribution in [0.4, 0.5) is 13.2 Å². The van der Waals surface area contributed by atoms with E-state index >= 15 is 0 Å². The Bertz CT molecular complexity index is 950. The standard InChI is InChI=1S/C19H21F3N2O4S/c1-23(13-15-5-4-12-28-15)18(25)14-8-10-24(11-9-14)29(26,27)17-7-3-2-6-16(17)19(20,21)22/h2-7,12,14H,8-11,13H2,1H3. The molecule has 1 amide bonds. The molecule has 0 radical (unpaired) electrons. The highest BCUT2D eigenvalue weighted by molar-refractivity contribution is 7.89. The molecule has 1 aromatic carbocycles. The second kappa shape index (κ2) is 8.19. The summed E-state index contributed by atoms with van der Waals surface area (Å²) < 4.78 is 71.5. The number of nitrogens with zero attached hydrogens (tertiary/aromatic N) is 2. The van der Waals surface area contributed by atoms with Crippen LogP contribution in [0.3, 0.4) is 0 Å². The molecule has 0 spiro atoms. The Morgan fingerprint density at radius 1 is 1.17 bits per heavy atom. The lowest BCUT2D eigenvalue weighted by Crippen LogP contribution is -2.43. The van der Waals surface area contributed by atoms with Gasteiger partial charge in [0.25, 0.3) is 0 Å². The maximum absolute atomic E-state index is 13.2. The van der Waals surface area contributed by atoms with E-state index in [-0.39, 0.29) is 37.8 Å². The van der Waals surface area contributed by atoms with Crippen LogP contribution < -0.4 is 0 Å². The first-order valence-corrected chi connectivity index (χ1v) is 10.5. The topological polar surface area (TPSA) is 70.8 Å². The average Bonchev–Trinajstić information content (AvgIpc) is 3.20. The number of carbonyl (C=O) groups is 1. The molecule has 1 fully saturated rings. The van der Waals surface area contributed by atoms with Crippen LogP contribution in [0.5, 0.6) is 0 Å². The van der Waals surface area contributed by atoms with Crippen molar-refractivity contribution in [3.8, 4) is 0 Å². The third-order valence-electron chi connectivity index (χ3n) is 4.96. The van der Waals surface area contributed by atoms with Gasteiger partial charge in [-0.25, -0.2) is 8.42 Å². The minimum atomic E-state index is -4.77. The van der Waals surface area contributed by atoms with Gasteiger partial charge in [-0.05, 0) is 37.1 Å². The summed E-state index contributed by atoms with van der Waals surface area (Å²) in [6, 6.07) is 7.61. The van der Waals surface area contributed by atoms with E-state index in [0.717, 1.165) is 22.5 Å². The van der Waals surface area contributed by atoms with E-state index in [1.54, 1.807) is 19.2 Å². The van der Waals surface area contributed by atoms with E-state index in [1.165, 1.54) is 17.2 Å². The van der Waals surface area contributed by atoms with Gasteiger partial charge in [-0.3, -0.25) is 4.79 Å². The Morgan fingerprint density at radius 2 is 1.83 bits per heavy atom. The van der Waals surface area contributed by atoms with Crippen LogP contribution in [-0.4, -0.2) is 43.7 Å². The maximum atomic E-state index is 13.2. The van der Waals surface area contributed by atoms with E-state index in [1.807, 2.05) is 0 Å². The highest BCUT2D eigenvalue weighted by atomic mass is 32.2. The normalized spacial score (nSPS) is 16.7. The lowest BCUT2D eigenvalue weighted by molar-refractivity contribution is -0.140. The summed E-state index contributed by atoms with van der Waals surface area (Å²) in [6.07, 6.45) is -2.77. The molecule has 10 heteroatoms. The van der Waals surface area contributed by atoms with Crippen LogP contribution in [0.2, 0.25) is 0 Å². The van der Waals surface area contributed by atoms with Crippen molar-refractivity contribution in [3.63, 3.8) is 0 Å². The number of hydrogen-bond donors (Lipinski definition) is 0. The highest BCUT2D eigenvalue weighted by Crippen LogP contribution is 2.36. The van der Waals surface area contributed by atoms with Crippen molar-refractivity contribution in [2.75, 3.05) is 20.1 Å². The molecule has 1 aliphatic rings. The van der Waals surface area contributed by atoms with Crippen LogP contribution in [0.25, 0.3) is 0 Å². The Morgan fingerprint density at radius 3 is 2.41 bits per heavy atom. The van der Waals surface area contributed by atoms with Crippen molar-refractivity contribution in [2.24, 2.45) is 5.92 Å². The minimum Gasteiger partial charge on any atom is -0.467 e. The summed E-state index contributed by atoms with van der Waals surface area (Å²) in [4.78, 5) is 13.4. The summed E-state index contributed by atoms with van der Waals surface area (Å²) in [5.41, 5.74) is -1.18. The zero-order chi connectivity index (χ0) is 21.2. The van der Waals surface area contributed by atoms with Gasteiger partial charge in [0, 0.05) is 26.1 Å². The van der Waals surface area contributed by atoms with E-state index < -0.39 is 26.7 Å². The van der Waals surface area contributed by atoms with Gasteiger partial charge in [0.1, 0.15) is 5.76 Å². The number of sulfonamides is 1. The molecular weight excluding hydrogens is 409 g/mol. The van der Waals surface area contributed by atoms with Crippen LogP contribution >= 0.6 is 0 Å². The van der Waals surface area contributed by atoms with Crippen molar-refractivity contribution < 1.29 is 30.8 Å². The zero-order valence-corrected chi connectivity index (χ0v) is 16.5. The monoisotopic (exact) mass is 430 g/mol. The summed E-state index contributed by atoms with van der Waals surface area (Å²) in [5.74, 6) is 0.0954. The molecule has 0 bridgehead atoms. The fourth-order valence-corrected chi connectivity index (χ4v) is 5.12. The molecule has 1 saturated heterocycles. The molecule has 0 saturated carbocycles. The lowest BCUT2D eigenvalue weighted by atomic mass is 9.96. The predicted molar refractivity (Wildman–Crippen MR) is 98.1 cm³/mol. The van der Waals surface area contributed by atoms with Crippen molar-refractivity contribution in [1.29, 1.82) is 0 Å². The molecule has 3 rings (SSSR count). The fourth-order valence-electron chi connectivity index (χ4n) is 3.43. The van der Waals surface area contributed by atoms with E-state index in [4.69, 9.17) is 4.42 Å². The second-order valence-electron chi connectivity index (χ2n) is 6.95. The summed E-state index contributed by atoms with van der Waals surface area (Å²) in [5, 5.41) is 0. The van der Waals surface area contributed by atoms with Gasteiger partial charge in [-0.1, -0.05) is 12.1 Å². The lowest BCUT2D eigenvalue weighted by Gasteiger charge is -2.32. The van der Waals surface area contributed by atoms with Gasteiger partial charge in [-0.15, -0.1) is 0 Å². The molecular formula is C19H21F3N2O4S. The number of benzene rings is 1. The van der Waals surface area contributed by atoms with E-state index in [2.05, 4.69) is 0 Å². The van der Waals surface area contributed by atoms with Crippen molar-refractivity contribution in [2.45, 2.75) is 30.5 Å². The van der Waals surface area contributed by atoms with Crippen molar-refractivity contribution in [1.82, 2.24) is 9.21 Å². The number of alkyl halides is 3. The number of hydrogen-bond acceptors (Lipinski definition) is 4. The Labute approximate surface area is 167 Å². The summed E-state index contributed by atoms with van der Waals surface area (Å²) in [6.45, 7) is 0.266. The Balaban J connectivity index is 1.68. The van der Waals surface area contributed by atoms with Crippen LogP contribution in [0, 0.1) is 5.92 Å². The first-order chi connectivity index (χ1) is 13.6. The molecule has 0 unspecified atom stereocenters. The summed E-state index contributed by atoms with van der Waals surface area (Å²) >= 11 is 0. The third kappa shape index (κ3) is 4.64. The molecule has 158 valence electrons. The molecule has 0 N–H and O–H groups in total. The largest absolute Gasteiger partial charge is 0.467 e. The van der Waals surface area contributed by atoms with Crippen LogP contribution in [0.1, 0.15) is 24.2 Å². The van der Waals surface area contributed by atoms with Gasteiger partial charge in [0.05, 0.1) is 23.3 Å². The van der Waals surface area contributed by atoms with Crippen LogP contribution in [-0.2, 0) is 27.5 Å². The van der Waals surface area contributed by atoms with Crippen molar-refractivity contribution >= 4 is 15.9 Å².